The molecule has 9 nitrogen and oxygen atoms in total. The minimum Gasteiger partial charge on any atom is -0.369 e. The van der Waals surface area contributed by atoms with Gasteiger partial charge in [-0.15, -0.1) is 0 Å². The van der Waals surface area contributed by atoms with Gasteiger partial charge in [-0.1, -0.05) is 25.1 Å². The highest BCUT2D eigenvalue weighted by atomic mass is 16.2. The lowest BCUT2D eigenvalue weighted by Crippen LogP contribution is -2.48. The smallest absolute Gasteiger partial charge is 0.321 e. The van der Waals surface area contributed by atoms with Gasteiger partial charge < -0.3 is 30.2 Å². The molecule has 1 unspecified atom stereocenters. The molecule has 2 saturated heterocycles. The molecule has 5 rings (SSSR count). The number of rotatable bonds is 3. The van der Waals surface area contributed by atoms with Crippen LogP contribution in [0.3, 0.4) is 0 Å². The van der Waals surface area contributed by atoms with Crippen LogP contribution in [0.1, 0.15) is 25.3 Å². The molecule has 3 heterocycles. The molecule has 3 aliphatic heterocycles. The number of likely N-dealkylation sites (tertiary alicyclic amines) is 1. The summed E-state index contributed by atoms with van der Waals surface area (Å²) in [6.07, 6.45) is 1.13. The number of amidine groups is 1. The lowest BCUT2D eigenvalue weighted by molar-refractivity contribution is -0.119. The van der Waals surface area contributed by atoms with Gasteiger partial charge in [0, 0.05) is 63.3 Å². The second-order valence-corrected chi connectivity index (χ2v) is 10.4. The van der Waals surface area contributed by atoms with E-state index in [-0.39, 0.29) is 5.91 Å². The summed E-state index contributed by atoms with van der Waals surface area (Å²) in [5.41, 5.74) is 3.47. The SMILES string of the molecule is CC1CCN(C2=NC(NC(=O)Nc3cccc(N4CCN(C)CC4)c3)C(=O)N(C)c3ccccc32)CC1. The number of benzene rings is 2. The summed E-state index contributed by atoms with van der Waals surface area (Å²) in [5.74, 6) is 1.17. The van der Waals surface area contributed by atoms with Crippen LogP contribution < -0.4 is 20.4 Å². The summed E-state index contributed by atoms with van der Waals surface area (Å²) < 4.78 is 0. The maximum atomic E-state index is 13.4. The molecular formula is C28H37N7O2. The number of anilines is 3. The molecule has 0 saturated carbocycles. The van der Waals surface area contributed by atoms with E-state index in [9.17, 15) is 9.59 Å². The van der Waals surface area contributed by atoms with Crippen molar-refractivity contribution in [2.75, 3.05) is 68.5 Å². The van der Waals surface area contributed by atoms with Crippen molar-refractivity contribution in [3.05, 3.63) is 54.1 Å². The largest absolute Gasteiger partial charge is 0.369 e. The monoisotopic (exact) mass is 503 g/mol. The van der Waals surface area contributed by atoms with E-state index < -0.39 is 12.2 Å². The molecule has 3 aliphatic rings. The van der Waals surface area contributed by atoms with E-state index in [4.69, 9.17) is 4.99 Å². The highest BCUT2D eigenvalue weighted by Gasteiger charge is 2.33. The molecule has 2 N–H and O–H groups in total. The first-order chi connectivity index (χ1) is 17.9. The van der Waals surface area contributed by atoms with Gasteiger partial charge in [0.05, 0.1) is 5.69 Å². The van der Waals surface area contributed by atoms with Crippen molar-refractivity contribution in [3.8, 4) is 0 Å². The summed E-state index contributed by atoms with van der Waals surface area (Å²) >= 11 is 0. The number of hydrogen-bond acceptors (Lipinski definition) is 6. The Kier molecular flexibility index (Phi) is 7.32. The number of nitrogens with one attached hydrogen (secondary N) is 2. The molecule has 9 heteroatoms. The molecular weight excluding hydrogens is 466 g/mol. The van der Waals surface area contributed by atoms with Crippen molar-refractivity contribution in [1.82, 2.24) is 15.1 Å². The number of benzodiazepines with no additional fused rings is 1. The van der Waals surface area contributed by atoms with Crippen LogP contribution in [-0.2, 0) is 4.79 Å². The molecule has 0 bridgehead atoms. The first kappa shape index (κ1) is 25.1. The van der Waals surface area contributed by atoms with E-state index in [1.807, 2.05) is 42.5 Å². The normalized spacial score (nSPS) is 21.3. The predicted molar refractivity (Wildman–Crippen MR) is 148 cm³/mol. The van der Waals surface area contributed by atoms with E-state index in [0.29, 0.717) is 11.6 Å². The van der Waals surface area contributed by atoms with Crippen molar-refractivity contribution in [3.63, 3.8) is 0 Å². The topological polar surface area (TPSA) is 83.5 Å². The van der Waals surface area contributed by atoms with Crippen LogP contribution in [0.15, 0.2) is 53.5 Å². The molecule has 3 amide bonds. The van der Waals surface area contributed by atoms with Crippen molar-refractivity contribution in [1.29, 1.82) is 0 Å². The van der Waals surface area contributed by atoms with Gasteiger partial charge >= 0.3 is 6.03 Å². The Balaban J connectivity index is 1.34. The quantitative estimate of drug-likeness (QED) is 0.673. The highest BCUT2D eigenvalue weighted by Crippen LogP contribution is 2.28. The number of piperazine rings is 1. The Labute approximate surface area is 219 Å². The minimum atomic E-state index is -1.02. The van der Waals surface area contributed by atoms with E-state index in [0.717, 1.165) is 74.9 Å². The van der Waals surface area contributed by atoms with Crippen LogP contribution in [0.4, 0.5) is 21.9 Å². The number of carbonyl (C=O) groups excluding carboxylic acids is 2. The Bertz CT molecular complexity index is 1170. The molecule has 196 valence electrons. The van der Waals surface area contributed by atoms with E-state index in [1.165, 1.54) is 0 Å². The average molecular weight is 504 g/mol. The van der Waals surface area contributed by atoms with Gasteiger partial charge in [-0.2, -0.15) is 0 Å². The van der Waals surface area contributed by atoms with Gasteiger partial charge in [0.1, 0.15) is 5.84 Å². The van der Waals surface area contributed by atoms with E-state index in [2.05, 4.69) is 45.4 Å². The third kappa shape index (κ3) is 5.56. The third-order valence-corrected chi connectivity index (χ3v) is 7.65. The van der Waals surface area contributed by atoms with Crippen molar-refractivity contribution in [2.45, 2.75) is 25.9 Å². The van der Waals surface area contributed by atoms with Crippen molar-refractivity contribution in [2.24, 2.45) is 10.9 Å². The number of likely N-dealkylation sites (N-methyl/N-ethyl adjacent to an activating group) is 2. The molecule has 0 radical (unpaired) electrons. The van der Waals surface area contributed by atoms with Crippen LogP contribution in [0, 0.1) is 5.92 Å². The van der Waals surface area contributed by atoms with Gasteiger partial charge in [-0.05, 0) is 56.1 Å². The fourth-order valence-corrected chi connectivity index (χ4v) is 5.21. The lowest BCUT2D eigenvalue weighted by atomic mass is 9.98. The summed E-state index contributed by atoms with van der Waals surface area (Å²) in [5, 5.41) is 5.74. The number of carbonyl (C=O) groups is 2. The van der Waals surface area contributed by atoms with Crippen LogP contribution in [0.25, 0.3) is 0 Å². The van der Waals surface area contributed by atoms with Crippen LogP contribution in [0.5, 0.6) is 0 Å². The lowest BCUT2D eigenvalue weighted by Gasteiger charge is -2.34. The number of nitrogens with zero attached hydrogens (tertiary/aromatic N) is 5. The van der Waals surface area contributed by atoms with Gasteiger partial charge in [-0.3, -0.25) is 4.79 Å². The fourth-order valence-electron chi connectivity index (χ4n) is 5.21. The molecule has 0 aromatic heterocycles. The summed E-state index contributed by atoms with van der Waals surface area (Å²) in [6, 6.07) is 15.2. The fraction of sp³-hybridized carbons (Fsp3) is 0.464. The summed E-state index contributed by atoms with van der Waals surface area (Å²) in [6.45, 7) is 7.94. The summed E-state index contributed by atoms with van der Waals surface area (Å²) in [7, 11) is 3.87. The number of hydrogen-bond donors (Lipinski definition) is 2. The second kappa shape index (κ2) is 10.8. The number of para-hydroxylation sites is 1. The Hall–Kier alpha value is -3.59. The molecule has 2 fully saturated rings. The zero-order chi connectivity index (χ0) is 25.9. The van der Waals surface area contributed by atoms with Crippen molar-refractivity contribution < 1.29 is 9.59 Å². The maximum Gasteiger partial charge on any atom is 0.321 e. The zero-order valence-corrected chi connectivity index (χ0v) is 22.0. The van der Waals surface area contributed by atoms with Crippen LogP contribution >= 0.6 is 0 Å². The van der Waals surface area contributed by atoms with E-state index >= 15 is 0 Å². The average Bonchev–Trinajstić information content (AvgIpc) is 3.00. The van der Waals surface area contributed by atoms with Crippen molar-refractivity contribution >= 4 is 34.8 Å². The number of urea groups is 1. The van der Waals surface area contributed by atoms with E-state index in [1.54, 1.807) is 11.9 Å². The van der Waals surface area contributed by atoms with Gasteiger partial charge in [0.2, 0.25) is 6.17 Å². The maximum absolute atomic E-state index is 13.4. The van der Waals surface area contributed by atoms with Crippen LogP contribution in [-0.4, -0.2) is 87.1 Å². The van der Waals surface area contributed by atoms with Gasteiger partial charge in [0.15, 0.2) is 0 Å². The standard InChI is InChI=1S/C28H37N7O2/c1-20-11-13-35(14-12-20)26-23-9-4-5-10-24(23)33(3)27(36)25(30-26)31-28(37)29-21-7-6-8-22(19-21)34-17-15-32(2)16-18-34/h4-10,19-20,25H,11-18H2,1-3H3,(H2,29,31,37). The minimum absolute atomic E-state index is 0.269. The molecule has 0 spiro atoms. The highest BCUT2D eigenvalue weighted by molar-refractivity contribution is 6.12. The summed E-state index contributed by atoms with van der Waals surface area (Å²) in [4.78, 5) is 39.8. The molecule has 2 aromatic rings. The van der Waals surface area contributed by atoms with Gasteiger partial charge in [0.25, 0.3) is 5.91 Å². The van der Waals surface area contributed by atoms with Crippen LogP contribution in [0.2, 0.25) is 0 Å². The van der Waals surface area contributed by atoms with Gasteiger partial charge in [-0.25, -0.2) is 9.79 Å². The zero-order valence-electron chi connectivity index (χ0n) is 22.0. The molecule has 37 heavy (non-hydrogen) atoms. The number of aliphatic imine (C=N–C) groups is 1. The Morgan fingerprint density at radius 2 is 1.65 bits per heavy atom. The predicted octanol–water partition coefficient (Wildman–Crippen LogP) is 3.04. The Morgan fingerprint density at radius 3 is 2.41 bits per heavy atom. The third-order valence-electron chi connectivity index (χ3n) is 7.65. The molecule has 0 aliphatic carbocycles. The number of fused-ring (bicyclic) bond motifs is 1. The Morgan fingerprint density at radius 1 is 0.919 bits per heavy atom. The molecule has 2 aromatic carbocycles. The first-order valence-electron chi connectivity index (χ1n) is 13.2. The second-order valence-electron chi connectivity index (χ2n) is 10.4. The number of piperidine rings is 1. The first-order valence-corrected chi connectivity index (χ1v) is 13.2. The number of amides is 3. The molecule has 1 atom stereocenters.